The van der Waals surface area contributed by atoms with Crippen molar-refractivity contribution in [3.05, 3.63) is 22.7 Å². The van der Waals surface area contributed by atoms with E-state index in [0.717, 1.165) is 4.47 Å². The van der Waals surface area contributed by atoms with Crippen LogP contribution in [-0.2, 0) is 4.79 Å². The Bertz CT molecular complexity index is 394. The smallest absolute Gasteiger partial charge is 0.257 e. The molecular weight excluding hydrogens is 284 g/mol. The molecule has 3 N–H and O–H groups in total. The zero-order chi connectivity index (χ0) is 12.8. The van der Waals surface area contributed by atoms with Crippen molar-refractivity contribution in [3.8, 4) is 5.75 Å². The zero-order valence-electron chi connectivity index (χ0n) is 10.00. The second-order valence-electron chi connectivity index (χ2n) is 4.17. The highest BCUT2D eigenvalue weighted by Gasteiger charge is 2.05. The van der Waals surface area contributed by atoms with E-state index in [2.05, 4.69) is 21.2 Å². The van der Waals surface area contributed by atoms with Crippen molar-refractivity contribution < 1.29 is 9.53 Å². The fourth-order valence-corrected chi connectivity index (χ4v) is 1.54. The molecule has 0 fully saturated rings. The number of nitrogen functional groups attached to an aromatic ring is 1. The van der Waals surface area contributed by atoms with E-state index in [1.54, 1.807) is 12.1 Å². The van der Waals surface area contributed by atoms with Gasteiger partial charge in [0.05, 0.1) is 5.69 Å². The van der Waals surface area contributed by atoms with Gasteiger partial charge in [0, 0.05) is 11.0 Å². The second kappa shape index (κ2) is 6.49. The maximum absolute atomic E-state index is 11.4. The number of rotatable bonds is 5. The summed E-state index contributed by atoms with van der Waals surface area (Å²) in [7, 11) is 0. The Hall–Kier alpha value is -1.23. The van der Waals surface area contributed by atoms with Gasteiger partial charge in [-0.3, -0.25) is 4.79 Å². The van der Waals surface area contributed by atoms with Gasteiger partial charge < -0.3 is 15.8 Å². The van der Waals surface area contributed by atoms with Gasteiger partial charge in [0.1, 0.15) is 5.75 Å². The van der Waals surface area contributed by atoms with Crippen molar-refractivity contribution in [3.63, 3.8) is 0 Å². The van der Waals surface area contributed by atoms with E-state index in [1.165, 1.54) is 0 Å². The van der Waals surface area contributed by atoms with Gasteiger partial charge >= 0.3 is 0 Å². The molecule has 94 valence electrons. The van der Waals surface area contributed by atoms with Gasteiger partial charge in [0.2, 0.25) is 0 Å². The Labute approximate surface area is 110 Å². The predicted molar refractivity (Wildman–Crippen MR) is 71.9 cm³/mol. The van der Waals surface area contributed by atoms with Crippen LogP contribution in [0.15, 0.2) is 22.7 Å². The molecule has 1 aromatic rings. The van der Waals surface area contributed by atoms with Gasteiger partial charge in [0.25, 0.3) is 5.91 Å². The highest BCUT2D eigenvalue weighted by atomic mass is 79.9. The van der Waals surface area contributed by atoms with Gasteiger partial charge in [-0.05, 0) is 24.1 Å². The molecule has 5 heteroatoms. The van der Waals surface area contributed by atoms with Crippen LogP contribution in [-0.4, -0.2) is 19.1 Å². The monoisotopic (exact) mass is 300 g/mol. The average molecular weight is 301 g/mol. The normalized spacial score (nSPS) is 10.4. The van der Waals surface area contributed by atoms with Crippen LogP contribution in [0.4, 0.5) is 5.69 Å². The molecule has 0 aliphatic carbocycles. The maximum atomic E-state index is 11.4. The van der Waals surface area contributed by atoms with Gasteiger partial charge in [-0.2, -0.15) is 0 Å². The number of ether oxygens (including phenoxy) is 1. The minimum Gasteiger partial charge on any atom is -0.482 e. The lowest BCUT2D eigenvalue weighted by Crippen LogP contribution is -2.31. The number of nitrogens with one attached hydrogen (secondary N) is 1. The van der Waals surface area contributed by atoms with Crippen molar-refractivity contribution >= 4 is 27.5 Å². The summed E-state index contributed by atoms with van der Waals surface area (Å²) in [5.74, 6) is 0.811. The number of carbonyl (C=O) groups is 1. The van der Waals surface area contributed by atoms with E-state index in [1.807, 2.05) is 19.9 Å². The number of amides is 1. The third kappa shape index (κ3) is 5.08. The highest BCUT2D eigenvalue weighted by molar-refractivity contribution is 9.10. The molecule has 1 amide bonds. The molecule has 0 heterocycles. The van der Waals surface area contributed by atoms with E-state index in [4.69, 9.17) is 10.5 Å². The first-order valence-corrected chi connectivity index (χ1v) is 6.23. The fourth-order valence-electron chi connectivity index (χ4n) is 1.16. The Kier molecular flexibility index (Phi) is 5.28. The van der Waals surface area contributed by atoms with E-state index < -0.39 is 0 Å². The van der Waals surface area contributed by atoms with Crippen LogP contribution >= 0.6 is 15.9 Å². The van der Waals surface area contributed by atoms with Crippen LogP contribution in [0.1, 0.15) is 13.8 Å². The lowest BCUT2D eigenvalue weighted by Gasteiger charge is -2.10. The SMILES string of the molecule is CC(C)CNC(=O)COc1ccc(Br)cc1N. The number of hydrogen-bond acceptors (Lipinski definition) is 3. The molecule has 0 saturated carbocycles. The van der Waals surface area contributed by atoms with E-state index >= 15 is 0 Å². The van der Waals surface area contributed by atoms with Gasteiger partial charge in [-0.25, -0.2) is 0 Å². The number of hydrogen-bond donors (Lipinski definition) is 2. The van der Waals surface area contributed by atoms with E-state index in [-0.39, 0.29) is 12.5 Å². The molecule has 1 rings (SSSR count). The molecule has 4 nitrogen and oxygen atoms in total. The molecule has 0 spiro atoms. The molecule has 17 heavy (non-hydrogen) atoms. The molecule has 0 aliphatic rings. The third-order valence-electron chi connectivity index (χ3n) is 2.04. The maximum Gasteiger partial charge on any atom is 0.257 e. The van der Waals surface area contributed by atoms with Crippen LogP contribution in [0.2, 0.25) is 0 Å². The van der Waals surface area contributed by atoms with E-state index in [9.17, 15) is 4.79 Å². The van der Waals surface area contributed by atoms with Crippen molar-refractivity contribution in [2.75, 3.05) is 18.9 Å². The first-order chi connectivity index (χ1) is 7.99. The number of benzene rings is 1. The minimum atomic E-state index is -0.138. The molecule has 0 saturated heterocycles. The Morgan fingerprint density at radius 1 is 1.53 bits per heavy atom. The molecular formula is C12H17BrN2O2. The molecule has 0 aliphatic heterocycles. The lowest BCUT2D eigenvalue weighted by atomic mass is 10.2. The number of anilines is 1. The Balaban J connectivity index is 2.42. The molecule has 0 atom stereocenters. The van der Waals surface area contributed by atoms with Crippen molar-refractivity contribution in [2.45, 2.75) is 13.8 Å². The molecule has 1 aromatic carbocycles. The minimum absolute atomic E-state index is 0.0153. The number of nitrogens with two attached hydrogens (primary N) is 1. The summed E-state index contributed by atoms with van der Waals surface area (Å²) >= 11 is 3.30. The van der Waals surface area contributed by atoms with E-state index in [0.29, 0.717) is 23.9 Å². The van der Waals surface area contributed by atoms with Crippen LogP contribution in [0, 0.1) is 5.92 Å². The van der Waals surface area contributed by atoms with Crippen molar-refractivity contribution in [1.82, 2.24) is 5.32 Å². The topological polar surface area (TPSA) is 64.3 Å². The second-order valence-corrected chi connectivity index (χ2v) is 5.08. The summed E-state index contributed by atoms with van der Waals surface area (Å²) in [4.78, 5) is 11.4. The standard InChI is InChI=1S/C12H17BrN2O2/c1-8(2)6-15-12(16)7-17-11-4-3-9(13)5-10(11)14/h3-5,8H,6-7,14H2,1-2H3,(H,15,16). The lowest BCUT2D eigenvalue weighted by molar-refractivity contribution is -0.123. The quantitative estimate of drug-likeness (QED) is 0.819. The van der Waals surface area contributed by atoms with Crippen molar-refractivity contribution in [2.24, 2.45) is 5.92 Å². The molecule has 0 bridgehead atoms. The first kappa shape index (κ1) is 13.8. The average Bonchev–Trinajstić information content (AvgIpc) is 2.25. The molecule has 0 radical (unpaired) electrons. The Morgan fingerprint density at radius 3 is 2.82 bits per heavy atom. The summed E-state index contributed by atoms with van der Waals surface area (Å²) in [5, 5.41) is 2.77. The largest absolute Gasteiger partial charge is 0.482 e. The third-order valence-corrected chi connectivity index (χ3v) is 2.53. The molecule has 0 aromatic heterocycles. The Morgan fingerprint density at radius 2 is 2.24 bits per heavy atom. The summed E-state index contributed by atoms with van der Waals surface area (Å²) in [5.41, 5.74) is 6.25. The van der Waals surface area contributed by atoms with Crippen LogP contribution < -0.4 is 15.8 Å². The molecule has 0 unspecified atom stereocenters. The highest BCUT2D eigenvalue weighted by Crippen LogP contribution is 2.24. The van der Waals surface area contributed by atoms with Crippen LogP contribution in [0.25, 0.3) is 0 Å². The summed E-state index contributed by atoms with van der Waals surface area (Å²) in [6.07, 6.45) is 0. The first-order valence-electron chi connectivity index (χ1n) is 5.43. The number of carbonyl (C=O) groups excluding carboxylic acids is 1. The summed E-state index contributed by atoms with van der Waals surface area (Å²) < 4.78 is 6.21. The zero-order valence-corrected chi connectivity index (χ0v) is 11.6. The fraction of sp³-hybridized carbons (Fsp3) is 0.417. The predicted octanol–water partition coefficient (Wildman–Crippen LogP) is 2.18. The van der Waals surface area contributed by atoms with Crippen LogP contribution in [0.3, 0.4) is 0 Å². The van der Waals surface area contributed by atoms with Gasteiger partial charge in [-0.15, -0.1) is 0 Å². The summed E-state index contributed by atoms with van der Waals surface area (Å²) in [6, 6.07) is 5.29. The van der Waals surface area contributed by atoms with Crippen LogP contribution in [0.5, 0.6) is 5.75 Å². The van der Waals surface area contributed by atoms with Crippen molar-refractivity contribution in [1.29, 1.82) is 0 Å². The summed E-state index contributed by atoms with van der Waals surface area (Å²) in [6.45, 7) is 4.71. The van der Waals surface area contributed by atoms with Gasteiger partial charge in [0.15, 0.2) is 6.61 Å². The number of halogens is 1. The van der Waals surface area contributed by atoms with Gasteiger partial charge in [-0.1, -0.05) is 29.8 Å².